The van der Waals surface area contributed by atoms with Gasteiger partial charge in [-0.05, 0) is 45.2 Å². The van der Waals surface area contributed by atoms with Crippen LogP contribution in [0.5, 0.6) is 0 Å². The van der Waals surface area contributed by atoms with E-state index in [1.807, 2.05) is 39.0 Å². The molecule has 1 aliphatic heterocycles. The second kappa shape index (κ2) is 9.90. The first kappa shape index (κ1) is 21.4. The lowest BCUT2D eigenvalue weighted by Crippen LogP contribution is -2.34. The first-order valence-electron chi connectivity index (χ1n) is 9.03. The number of carbonyl (C=O) groups excluding carboxylic acids is 1. The van der Waals surface area contributed by atoms with Crippen LogP contribution in [0.1, 0.15) is 37.8 Å². The maximum atomic E-state index is 11.8. The predicted molar refractivity (Wildman–Crippen MR) is 118 cm³/mol. The highest BCUT2D eigenvalue weighted by Gasteiger charge is 2.16. The molecule has 0 unspecified atom stereocenters. The maximum absolute atomic E-state index is 11.8. The molecule has 148 valence electrons. The summed E-state index contributed by atoms with van der Waals surface area (Å²) in [5, 5.41) is 6.65. The summed E-state index contributed by atoms with van der Waals surface area (Å²) in [6, 6.07) is 3.61. The van der Waals surface area contributed by atoms with Gasteiger partial charge in [0.05, 0.1) is 10.7 Å². The van der Waals surface area contributed by atoms with Crippen molar-refractivity contribution in [2.24, 2.45) is 9.98 Å². The SMILES string of the molecule is C=NC(=N/C=C\C/C(=C/C)NC1=C(C)C(=O)NCC1)c1cc(C)c(N)c(Cl)c1. The highest BCUT2D eigenvalue weighted by atomic mass is 35.5. The van der Waals surface area contributed by atoms with Gasteiger partial charge in [0, 0.05) is 48.1 Å². The Morgan fingerprint density at radius 3 is 2.82 bits per heavy atom. The molecule has 0 spiro atoms. The van der Waals surface area contributed by atoms with Gasteiger partial charge in [-0.15, -0.1) is 0 Å². The van der Waals surface area contributed by atoms with Crippen molar-refractivity contribution in [3.63, 3.8) is 0 Å². The number of halogens is 1. The second-order valence-corrected chi connectivity index (χ2v) is 6.84. The molecule has 0 radical (unpaired) electrons. The highest BCUT2D eigenvalue weighted by molar-refractivity contribution is 6.33. The molecule has 0 bridgehead atoms. The lowest BCUT2D eigenvalue weighted by Gasteiger charge is -2.20. The summed E-state index contributed by atoms with van der Waals surface area (Å²) in [5.74, 6) is 0.447. The molecule has 0 aliphatic carbocycles. The van der Waals surface area contributed by atoms with Crippen LogP contribution >= 0.6 is 11.6 Å². The first-order valence-corrected chi connectivity index (χ1v) is 9.40. The van der Waals surface area contributed by atoms with Gasteiger partial charge in [-0.1, -0.05) is 23.8 Å². The van der Waals surface area contributed by atoms with Crippen molar-refractivity contribution in [3.8, 4) is 0 Å². The Balaban J connectivity index is 2.08. The van der Waals surface area contributed by atoms with Gasteiger partial charge >= 0.3 is 0 Å². The van der Waals surface area contributed by atoms with Gasteiger partial charge < -0.3 is 16.4 Å². The first-order chi connectivity index (χ1) is 13.4. The Morgan fingerprint density at radius 2 is 2.18 bits per heavy atom. The van der Waals surface area contributed by atoms with E-state index in [9.17, 15) is 4.79 Å². The van der Waals surface area contributed by atoms with Crippen LogP contribution in [0.4, 0.5) is 5.69 Å². The molecule has 0 saturated carbocycles. The van der Waals surface area contributed by atoms with Gasteiger partial charge in [0.25, 0.3) is 0 Å². The number of nitrogens with two attached hydrogens (primary N) is 1. The lowest BCUT2D eigenvalue weighted by molar-refractivity contribution is -0.117. The molecule has 4 N–H and O–H groups in total. The summed E-state index contributed by atoms with van der Waals surface area (Å²) in [4.78, 5) is 20.1. The van der Waals surface area contributed by atoms with Crippen molar-refractivity contribution >= 4 is 35.7 Å². The quantitative estimate of drug-likeness (QED) is 0.385. The minimum absolute atomic E-state index is 0.0245. The van der Waals surface area contributed by atoms with E-state index in [2.05, 4.69) is 27.3 Å². The Kier molecular flexibility index (Phi) is 7.58. The molecule has 1 amide bonds. The number of anilines is 1. The number of nitrogens with one attached hydrogen (secondary N) is 2. The van der Waals surface area contributed by atoms with Crippen molar-refractivity contribution in [1.29, 1.82) is 0 Å². The minimum Gasteiger partial charge on any atom is -0.397 e. The summed E-state index contributed by atoms with van der Waals surface area (Å²) >= 11 is 6.15. The lowest BCUT2D eigenvalue weighted by atomic mass is 10.1. The number of hydrogen-bond acceptors (Lipinski definition) is 4. The van der Waals surface area contributed by atoms with Gasteiger partial charge in [-0.25, -0.2) is 9.98 Å². The van der Waals surface area contributed by atoms with Crippen molar-refractivity contribution < 1.29 is 4.79 Å². The third-order valence-electron chi connectivity index (χ3n) is 4.50. The molecule has 1 aromatic rings. The van der Waals surface area contributed by atoms with Gasteiger partial charge in [-0.2, -0.15) is 0 Å². The van der Waals surface area contributed by atoms with E-state index in [1.165, 1.54) is 0 Å². The van der Waals surface area contributed by atoms with Crippen LogP contribution in [-0.4, -0.2) is 25.0 Å². The summed E-state index contributed by atoms with van der Waals surface area (Å²) in [5.41, 5.74) is 10.7. The Hall–Kier alpha value is -2.86. The molecule has 1 aliphatic rings. The molecular formula is C21H26ClN5O. The van der Waals surface area contributed by atoms with Crippen molar-refractivity contribution in [3.05, 3.63) is 63.6 Å². The number of carbonyl (C=O) groups is 1. The van der Waals surface area contributed by atoms with Gasteiger partial charge in [0.1, 0.15) is 0 Å². The molecule has 28 heavy (non-hydrogen) atoms. The molecule has 2 rings (SSSR count). The zero-order valence-electron chi connectivity index (χ0n) is 16.5. The molecular weight excluding hydrogens is 374 g/mol. The fourth-order valence-corrected chi connectivity index (χ4v) is 3.01. The average molecular weight is 400 g/mol. The summed E-state index contributed by atoms with van der Waals surface area (Å²) in [6.45, 7) is 9.89. The van der Waals surface area contributed by atoms with E-state index in [4.69, 9.17) is 17.3 Å². The van der Waals surface area contributed by atoms with Gasteiger partial charge in [-0.3, -0.25) is 4.79 Å². The number of nitrogens with zero attached hydrogens (tertiary/aromatic N) is 2. The van der Waals surface area contributed by atoms with Crippen LogP contribution in [0.25, 0.3) is 0 Å². The standard InChI is InChI=1S/C21H26ClN5O/c1-5-16(27-18-8-10-26-21(28)14(18)3)7-6-9-25-20(24-4)15-11-13(2)19(23)17(22)12-15/h5-6,9,11-12,27H,4,7-8,10,23H2,1-3H3,(H,26,28)/b9-6-,16-5-,25-20?. The smallest absolute Gasteiger partial charge is 0.248 e. The third kappa shape index (κ3) is 5.33. The molecule has 0 fully saturated rings. The van der Waals surface area contributed by atoms with Gasteiger partial charge in [0.2, 0.25) is 5.91 Å². The fourth-order valence-electron chi connectivity index (χ4n) is 2.74. The Labute approximate surface area is 171 Å². The van der Waals surface area contributed by atoms with E-state index in [1.54, 1.807) is 12.3 Å². The fraction of sp³-hybridized carbons (Fsp3) is 0.286. The predicted octanol–water partition coefficient (Wildman–Crippen LogP) is 3.87. The highest BCUT2D eigenvalue weighted by Crippen LogP contribution is 2.25. The molecule has 6 nitrogen and oxygen atoms in total. The minimum atomic E-state index is -0.0245. The van der Waals surface area contributed by atoms with E-state index in [-0.39, 0.29) is 5.91 Å². The number of amidine groups is 1. The average Bonchev–Trinajstić information content (AvgIpc) is 2.68. The number of rotatable bonds is 6. The van der Waals surface area contributed by atoms with Crippen molar-refractivity contribution in [2.45, 2.75) is 33.6 Å². The number of aryl methyl sites for hydroxylation is 1. The maximum Gasteiger partial charge on any atom is 0.248 e. The number of aliphatic imine (C=N–C) groups is 2. The zero-order valence-corrected chi connectivity index (χ0v) is 17.2. The topological polar surface area (TPSA) is 91.9 Å². The zero-order chi connectivity index (χ0) is 20.7. The van der Waals surface area contributed by atoms with E-state index >= 15 is 0 Å². The molecule has 1 aromatic carbocycles. The van der Waals surface area contributed by atoms with Crippen LogP contribution in [0.3, 0.4) is 0 Å². The summed E-state index contributed by atoms with van der Waals surface area (Å²) in [7, 11) is 0. The van der Waals surface area contributed by atoms with E-state index in [0.29, 0.717) is 29.5 Å². The van der Waals surface area contributed by atoms with Crippen LogP contribution in [0.2, 0.25) is 5.02 Å². The number of benzene rings is 1. The largest absolute Gasteiger partial charge is 0.397 e. The van der Waals surface area contributed by atoms with E-state index < -0.39 is 0 Å². The number of nitrogen functional groups attached to an aromatic ring is 1. The number of hydrogen-bond donors (Lipinski definition) is 3. The monoisotopic (exact) mass is 399 g/mol. The number of allylic oxidation sites excluding steroid dienone is 2. The van der Waals surface area contributed by atoms with Crippen LogP contribution in [-0.2, 0) is 4.79 Å². The molecule has 1 heterocycles. The van der Waals surface area contributed by atoms with Crippen molar-refractivity contribution in [2.75, 3.05) is 12.3 Å². The third-order valence-corrected chi connectivity index (χ3v) is 4.81. The van der Waals surface area contributed by atoms with Crippen LogP contribution in [0, 0.1) is 6.92 Å². The van der Waals surface area contributed by atoms with Crippen LogP contribution in [0.15, 0.2) is 57.4 Å². The Morgan fingerprint density at radius 1 is 1.43 bits per heavy atom. The summed E-state index contributed by atoms with van der Waals surface area (Å²) in [6.07, 6.45) is 7.02. The van der Waals surface area contributed by atoms with Crippen LogP contribution < -0.4 is 16.4 Å². The molecule has 0 aromatic heterocycles. The number of amides is 1. The Bertz CT molecular complexity index is 873. The second-order valence-electron chi connectivity index (χ2n) is 6.44. The van der Waals surface area contributed by atoms with Crippen molar-refractivity contribution in [1.82, 2.24) is 10.6 Å². The molecule has 0 saturated heterocycles. The normalized spacial score (nSPS) is 15.8. The summed E-state index contributed by atoms with van der Waals surface area (Å²) < 4.78 is 0. The van der Waals surface area contributed by atoms with Gasteiger partial charge in [0.15, 0.2) is 5.84 Å². The molecule has 0 atom stereocenters. The van der Waals surface area contributed by atoms with E-state index in [0.717, 1.165) is 34.5 Å². The molecule has 7 heteroatoms.